The van der Waals surface area contributed by atoms with Gasteiger partial charge in [-0.25, -0.2) is 9.31 Å². The fourth-order valence-corrected chi connectivity index (χ4v) is 3.40. The molecule has 0 saturated carbocycles. The number of hydrogen-bond donors (Lipinski definition) is 0. The molecular formula is C21H20N4O2. The minimum Gasteiger partial charge on any atom is -0.461 e. The number of fused-ring (bicyclic) bond motifs is 2. The molecule has 0 bridgehead atoms. The third-order valence-electron chi connectivity index (χ3n) is 4.70. The van der Waals surface area contributed by atoms with Crippen LogP contribution in [0.1, 0.15) is 35.7 Å². The molecule has 6 heteroatoms. The fraction of sp³-hybridized carbons (Fsp3) is 0.238. The van der Waals surface area contributed by atoms with Crippen LogP contribution in [0.4, 0.5) is 0 Å². The lowest BCUT2D eigenvalue weighted by atomic mass is 9.97. The molecule has 0 fully saturated rings. The van der Waals surface area contributed by atoms with Crippen LogP contribution in [0.2, 0.25) is 0 Å². The summed E-state index contributed by atoms with van der Waals surface area (Å²) < 4.78 is 6.78. The number of carbonyl (C=O) groups is 1. The molecule has 0 aliphatic rings. The molecule has 136 valence electrons. The molecular weight excluding hydrogens is 340 g/mol. The van der Waals surface area contributed by atoms with Gasteiger partial charge in [-0.2, -0.15) is 5.10 Å². The van der Waals surface area contributed by atoms with Crippen molar-refractivity contribution in [2.75, 3.05) is 6.61 Å². The van der Waals surface area contributed by atoms with Gasteiger partial charge in [0.2, 0.25) is 0 Å². The normalized spacial score (nSPS) is 11.2. The molecule has 0 spiro atoms. The molecule has 0 saturated heterocycles. The number of carbonyl (C=O) groups excluding carboxylic acids is 1. The lowest BCUT2D eigenvalue weighted by Crippen LogP contribution is -2.14. The lowest BCUT2D eigenvalue weighted by molar-refractivity contribution is 0.0516. The Kier molecular flexibility index (Phi) is 4.32. The number of esters is 1. The zero-order chi connectivity index (χ0) is 19.0. The molecule has 6 nitrogen and oxygen atoms in total. The number of aromatic nitrogens is 4. The van der Waals surface area contributed by atoms with E-state index in [1.807, 2.05) is 25.1 Å². The lowest BCUT2D eigenvalue weighted by Gasteiger charge is -2.08. The zero-order valence-electron chi connectivity index (χ0n) is 15.6. The van der Waals surface area contributed by atoms with E-state index < -0.39 is 5.97 Å². The van der Waals surface area contributed by atoms with Crippen LogP contribution >= 0.6 is 0 Å². The summed E-state index contributed by atoms with van der Waals surface area (Å²) in [5.41, 5.74) is 4.41. The Labute approximate surface area is 156 Å². The molecule has 0 atom stereocenters. The fourth-order valence-electron chi connectivity index (χ4n) is 3.40. The average Bonchev–Trinajstić information content (AvgIpc) is 3.07. The molecule has 2 aromatic carbocycles. The van der Waals surface area contributed by atoms with Crippen LogP contribution in [0.3, 0.4) is 0 Å². The van der Waals surface area contributed by atoms with Crippen molar-refractivity contribution < 1.29 is 9.53 Å². The van der Waals surface area contributed by atoms with Crippen molar-refractivity contribution in [3.8, 4) is 11.1 Å². The van der Waals surface area contributed by atoms with Gasteiger partial charge in [0.15, 0.2) is 11.3 Å². The van der Waals surface area contributed by atoms with Crippen LogP contribution < -0.4 is 0 Å². The smallest absolute Gasteiger partial charge is 0.360 e. The van der Waals surface area contributed by atoms with E-state index in [0.29, 0.717) is 17.9 Å². The zero-order valence-corrected chi connectivity index (χ0v) is 15.6. The Morgan fingerprint density at radius 3 is 2.63 bits per heavy atom. The van der Waals surface area contributed by atoms with Crippen LogP contribution in [0.25, 0.3) is 27.5 Å². The maximum atomic E-state index is 12.1. The highest BCUT2D eigenvalue weighted by molar-refractivity contribution is 6.00. The van der Waals surface area contributed by atoms with Gasteiger partial charge in [-0.05, 0) is 36.6 Å². The predicted molar refractivity (Wildman–Crippen MR) is 104 cm³/mol. The number of ether oxygens (including phenoxy) is 1. The second-order valence-corrected chi connectivity index (χ2v) is 6.29. The largest absolute Gasteiger partial charge is 0.461 e. The van der Waals surface area contributed by atoms with E-state index >= 15 is 0 Å². The number of aryl methyl sites for hydroxylation is 2. The molecule has 0 N–H and O–H groups in total. The van der Waals surface area contributed by atoms with Gasteiger partial charge in [-0.1, -0.05) is 49.4 Å². The van der Waals surface area contributed by atoms with E-state index in [0.717, 1.165) is 34.0 Å². The first-order chi connectivity index (χ1) is 13.2. The van der Waals surface area contributed by atoms with Gasteiger partial charge in [0.05, 0.1) is 23.6 Å². The first-order valence-electron chi connectivity index (χ1n) is 9.05. The molecule has 0 aliphatic heterocycles. The van der Waals surface area contributed by atoms with Gasteiger partial charge >= 0.3 is 5.97 Å². The third-order valence-corrected chi connectivity index (χ3v) is 4.70. The number of benzene rings is 2. The summed E-state index contributed by atoms with van der Waals surface area (Å²) >= 11 is 0. The van der Waals surface area contributed by atoms with Crippen LogP contribution in [-0.4, -0.2) is 32.4 Å². The quantitative estimate of drug-likeness (QED) is 0.515. The van der Waals surface area contributed by atoms with E-state index in [4.69, 9.17) is 9.84 Å². The van der Waals surface area contributed by atoms with E-state index in [2.05, 4.69) is 41.4 Å². The molecule has 0 unspecified atom stereocenters. The van der Waals surface area contributed by atoms with Crippen molar-refractivity contribution in [1.29, 1.82) is 0 Å². The van der Waals surface area contributed by atoms with Gasteiger partial charge in [-0.3, -0.25) is 0 Å². The molecule has 2 heterocycles. The second-order valence-electron chi connectivity index (χ2n) is 6.29. The Morgan fingerprint density at radius 1 is 1.07 bits per heavy atom. The summed E-state index contributed by atoms with van der Waals surface area (Å²) in [6.07, 6.45) is 0.746. The minimum atomic E-state index is -0.482. The molecule has 4 rings (SSSR count). The van der Waals surface area contributed by atoms with Gasteiger partial charge < -0.3 is 4.74 Å². The molecule has 27 heavy (non-hydrogen) atoms. The topological polar surface area (TPSA) is 69.4 Å². The van der Waals surface area contributed by atoms with E-state index in [-0.39, 0.29) is 5.69 Å². The SMILES string of the molecule is CCOC(=O)c1nnc2c(-c3cccc4ccccc34)c(CC)nn2c1C. The first-order valence-corrected chi connectivity index (χ1v) is 9.05. The Morgan fingerprint density at radius 2 is 1.85 bits per heavy atom. The van der Waals surface area contributed by atoms with Crippen LogP contribution in [-0.2, 0) is 11.2 Å². The molecule has 0 amide bonds. The summed E-state index contributed by atoms with van der Waals surface area (Å²) in [6.45, 7) is 5.93. The summed E-state index contributed by atoms with van der Waals surface area (Å²) in [6, 6.07) is 14.4. The van der Waals surface area contributed by atoms with Crippen molar-refractivity contribution >= 4 is 22.4 Å². The number of rotatable bonds is 4. The highest BCUT2D eigenvalue weighted by atomic mass is 16.5. The third kappa shape index (κ3) is 2.73. The monoisotopic (exact) mass is 360 g/mol. The van der Waals surface area contributed by atoms with Gasteiger partial charge in [0.1, 0.15) is 0 Å². The highest BCUT2D eigenvalue weighted by Gasteiger charge is 2.22. The van der Waals surface area contributed by atoms with Gasteiger partial charge in [0.25, 0.3) is 0 Å². The molecule has 4 aromatic rings. The first kappa shape index (κ1) is 17.1. The standard InChI is InChI=1S/C21H20N4O2/c1-4-17-18(16-12-8-10-14-9-6-7-11-15(14)16)20-23-22-19(21(26)27-5-2)13(3)25(20)24-17/h6-12H,4-5H2,1-3H3. The van der Waals surface area contributed by atoms with E-state index in [1.165, 1.54) is 0 Å². The minimum absolute atomic E-state index is 0.193. The molecule has 0 aliphatic carbocycles. The van der Waals surface area contributed by atoms with Crippen molar-refractivity contribution in [3.05, 3.63) is 59.5 Å². The summed E-state index contributed by atoms with van der Waals surface area (Å²) in [4.78, 5) is 12.1. The molecule has 2 aromatic heterocycles. The average molecular weight is 360 g/mol. The number of hydrogen-bond acceptors (Lipinski definition) is 5. The van der Waals surface area contributed by atoms with Gasteiger partial charge in [-0.15, -0.1) is 10.2 Å². The van der Waals surface area contributed by atoms with Crippen molar-refractivity contribution in [2.24, 2.45) is 0 Å². The number of nitrogens with zero attached hydrogens (tertiary/aromatic N) is 4. The Balaban J connectivity index is 2.01. The maximum absolute atomic E-state index is 12.1. The predicted octanol–water partition coefficient (Wildman–Crippen LogP) is 3.99. The van der Waals surface area contributed by atoms with Crippen LogP contribution in [0, 0.1) is 6.92 Å². The summed E-state index contributed by atoms with van der Waals surface area (Å²) in [7, 11) is 0. The van der Waals surface area contributed by atoms with E-state index in [1.54, 1.807) is 11.4 Å². The van der Waals surface area contributed by atoms with Crippen LogP contribution in [0.15, 0.2) is 42.5 Å². The Hall–Kier alpha value is -3.28. The molecule has 0 radical (unpaired) electrons. The van der Waals surface area contributed by atoms with Crippen molar-refractivity contribution in [3.63, 3.8) is 0 Å². The summed E-state index contributed by atoms with van der Waals surface area (Å²) in [5.74, 6) is -0.482. The van der Waals surface area contributed by atoms with Gasteiger partial charge in [0, 0.05) is 0 Å². The van der Waals surface area contributed by atoms with Crippen LogP contribution in [0.5, 0.6) is 0 Å². The van der Waals surface area contributed by atoms with E-state index in [9.17, 15) is 4.79 Å². The summed E-state index contributed by atoms with van der Waals surface area (Å²) in [5, 5.41) is 15.5. The van der Waals surface area contributed by atoms with Crippen molar-refractivity contribution in [1.82, 2.24) is 19.8 Å². The highest BCUT2D eigenvalue weighted by Crippen LogP contribution is 2.34. The van der Waals surface area contributed by atoms with Crippen molar-refractivity contribution in [2.45, 2.75) is 27.2 Å². The maximum Gasteiger partial charge on any atom is 0.360 e. The second kappa shape index (κ2) is 6.79. The Bertz CT molecular complexity index is 1160.